The number of para-hydroxylation sites is 1. The zero-order valence-electron chi connectivity index (χ0n) is 13.7. The normalized spacial score (nSPS) is 15.3. The summed E-state index contributed by atoms with van der Waals surface area (Å²) >= 11 is 0. The molecule has 0 radical (unpaired) electrons. The molecule has 23 heavy (non-hydrogen) atoms. The zero-order valence-corrected chi connectivity index (χ0v) is 13.7. The summed E-state index contributed by atoms with van der Waals surface area (Å²) in [4.78, 5) is 15.1. The number of rotatable bonds is 3. The predicted octanol–water partition coefficient (Wildman–Crippen LogP) is 3.64. The van der Waals surface area contributed by atoms with E-state index in [4.69, 9.17) is 4.98 Å². The van der Waals surface area contributed by atoms with E-state index in [1.807, 2.05) is 6.20 Å². The summed E-state index contributed by atoms with van der Waals surface area (Å²) in [5, 5.41) is 1.32. The summed E-state index contributed by atoms with van der Waals surface area (Å²) in [7, 11) is 0. The number of nitrogens with one attached hydrogen (secondary N) is 1. The Morgan fingerprint density at radius 2 is 2.13 bits per heavy atom. The van der Waals surface area contributed by atoms with Gasteiger partial charge in [0.2, 0.25) is 0 Å². The van der Waals surface area contributed by atoms with Crippen molar-refractivity contribution in [3.63, 3.8) is 0 Å². The van der Waals surface area contributed by atoms with E-state index in [2.05, 4.69) is 59.2 Å². The Kier molecular flexibility index (Phi) is 3.62. The van der Waals surface area contributed by atoms with Crippen molar-refractivity contribution in [3.05, 3.63) is 59.3 Å². The number of aromatic amines is 1. The molecule has 1 N–H and O–H groups in total. The number of fused-ring (bicyclic) bond motifs is 2. The molecule has 4 rings (SSSR count). The van der Waals surface area contributed by atoms with Gasteiger partial charge in [-0.2, -0.15) is 0 Å². The van der Waals surface area contributed by atoms with Crippen molar-refractivity contribution in [2.45, 2.75) is 39.3 Å². The molecule has 4 heteroatoms. The van der Waals surface area contributed by atoms with Crippen LogP contribution in [0.3, 0.4) is 0 Å². The van der Waals surface area contributed by atoms with Gasteiger partial charge in [0.15, 0.2) is 0 Å². The maximum Gasteiger partial charge on any atom is 0.131 e. The lowest BCUT2D eigenvalue weighted by atomic mass is 10.0. The molecule has 0 aliphatic carbocycles. The second kappa shape index (κ2) is 5.78. The predicted molar refractivity (Wildman–Crippen MR) is 92.2 cm³/mol. The molecule has 0 unspecified atom stereocenters. The van der Waals surface area contributed by atoms with E-state index < -0.39 is 0 Å². The lowest BCUT2D eigenvalue weighted by Gasteiger charge is -2.28. The van der Waals surface area contributed by atoms with Crippen LogP contribution in [0, 0.1) is 0 Å². The molecule has 0 saturated carbocycles. The van der Waals surface area contributed by atoms with E-state index in [-0.39, 0.29) is 0 Å². The minimum atomic E-state index is 0.379. The molecule has 0 amide bonds. The molecular weight excluding hydrogens is 284 g/mol. The Bertz CT molecular complexity index is 834. The van der Waals surface area contributed by atoms with E-state index in [0.717, 1.165) is 31.9 Å². The highest BCUT2D eigenvalue weighted by Gasteiger charge is 2.20. The Morgan fingerprint density at radius 3 is 3.00 bits per heavy atom. The van der Waals surface area contributed by atoms with Crippen LogP contribution in [0.5, 0.6) is 0 Å². The van der Waals surface area contributed by atoms with E-state index in [1.54, 1.807) is 0 Å². The van der Waals surface area contributed by atoms with Gasteiger partial charge in [0.1, 0.15) is 5.82 Å². The molecule has 118 valence electrons. The van der Waals surface area contributed by atoms with Gasteiger partial charge in [-0.3, -0.25) is 4.90 Å². The minimum absolute atomic E-state index is 0.379. The molecule has 1 aliphatic heterocycles. The van der Waals surface area contributed by atoms with Gasteiger partial charge in [0, 0.05) is 48.8 Å². The van der Waals surface area contributed by atoms with Gasteiger partial charge in [-0.1, -0.05) is 32.0 Å². The lowest BCUT2D eigenvalue weighted by Crippen LogP contribution is -2.31. The standard InChI is InChI=1S/C19H22N4/c1-13(2)19-21-9-14-7-8-23(12-18(14)22-19)11-15-10-20-17-6-4-3-5-16(15)17/h3-6,9-10,13,20H,7-8,11-12H2,1-2H3. The van der Waals surface area contributed by atoms with Crippen molar-refractivity contribution in [2.24, 2.45) is 0 Å². The largest absolute Gasteiger partial charge is 0.361 e. The third kappa shape index (κ3) is 2.75. The minimum Gasteiger partial charge on any atom is -0.361 e. The van der Waals surface area contributed by atoms with Crippen LogP contribution in [0.15, 0.2) is 36.7 Å². The van der Waals surface area contributed by atoms with Crippen molar-refractivity contribution in [1.29, 1.82) is 0 Å². The van der Waals surface area contributed by atoms with Crippen LogP contribution < -0.4 is 0 Å². The van der Waals surface area contributed by atoms with Crippen molar-refractivity contribution in [2.75, 3.05) is 6.54 Å². The highest BCUT2D eigenvalue weighted by atomic mass is 15.1. The van der Waals surface area contributed by atoms with E-state index >= 15 is 0 Å². The molecular formula is C19H22N4. The van der Waals surface area contributed by atoms with Crippen LogP contribution in [0.4, 0.5) is 0 Å². The summed E-state index contributed by atoms with van der Waals surface area (Å²) in [6.07, 6.45) is 5.20. The third-order valence-electron chi connectivity index (χ3n) is 4.63. The molecule has 0 bridgehead atoms. The Hall–Kier alpha value is -2.20. The second-order valence-corrected chi connectivity index (χ2v) is 6.67. The first-order valence-corrected chi connectivity index (χ1v) is 8.33. The average Bonchev–Trinajstić information content (AvgIpc) is 2.97. The van der Waals surface area contributed by atoms with E-state index in [0.29, 0.717) is 5.92 Å². The van der Waals surface area contributed by atoms with E-state index in [9.17, 15) is 0 Å². The van der Waals surface area contributed by atoms with E-state index in [1.165, 1.54) is 27.7 Å². The topological polar surface area (TPSA) is 44.8 Å². The maximum atomic E-state index is 4.79. The summed E-state index contributed by atoms with van der Waals surface area (Å²) in [5.41, 5.74) is 5.09. The van der Waals surface area contributed by atoms with Gasteiger partial charge < -0.3 is 4.98 Å². The molecule has 0 spiro atoms. The number of benzene rings is 1. The van der Waals surface area contributed by atoms with Gasteiger partial charge in [-0.15, -0.1) is 0 Å². The number of hydrogen-bond acceptors (Lipinski definition) is 3. The van der Waals surface area contributed by atoms with Gasteiger partial charge in [-0.25, -0.2) is 9.97 Å². The van der Waals surface area contributed by atoms with Gasteiger partial charge in [0.25, 0.3) is 0 Å². The average molecular weight is 306 g/mol. The Labute approximate surface area is 136 Å². The van der Waals surface area contributed by atoms with Crippen LogP contribution in [-0.2, 0) is 19.5 Å². The highest BCUT2D eigenvalue weighted by molar-refractivity contribution is 5.82. The van der Waals surface area contributed by atoms with Crippen molar-refractivity contribution >= 4 is 10.9 Å². The van der Waals surface area contributed by atoms with Crippen LogP contribution in [-0.4, -0.2) is 26.4 Å². The fraction of sp³-hybridized carbons (Fsp3) is 0.368. The molecule has 3 heterocycles. The van der Waals surface area contributed by atoms with Gasteiger partial charge in [-0.05, 0) is 23.6 Å². The fourth-order valence-corrected chi connectivity index (χ4v) is 3.29. The van der Waals surface area contributed by atoms with Crippen molar-refractivity contribution in [1.82, 2.24) is 19.9 Å². The number of H-pyrrole nitrogens is 1. The summed E-state index contributed by atoms with van der Waals surface area (Å²) in [6, 6.07) is 8.50. The molecule has 2 aromatic heterocycles. The first-order valence-electron chi connectivity index (χ1n) is 8.33. The summed E-state index contributed by atoms with van der Waals surface area (Å²) < 4.78 is 0. The maximum absolute atomic E-state index is 4.79. The SMILES string of the molecule is CC(C)c1ncc2c(n1)CN(Cc1c[nH]c3ccccc13)CC2. The molecule has 1 aromatic carbocycles. The van der Waals surface area contributed by atoms with Crippen LogP contribution in [0.1, 0.15) is 42.4 Å². The van der Waals surface area contributed by atoms with Crippen LogP contribution >= 0.6 is 0 Å². The van der Waals surface area contributed by atoms with Gasteiger partial charge >= 0.3 is 0 Å². The summed E-state index contributed by atoms with van der Waals surface area (Å²) in [5.74, 6) is 1.34. The highest BCUT2D eigenvalue weighted by Crippen LogP contribution is 2.23. The number of hydrogen-bond donors (Lipinski definition) is 1. The van der Waals surface area contributed by atoms with Crippen molar-refractivity contribution in [3.8, 4) is 0 Å². The Morgan fingerprint density at radius 1 is 1.26 bits per heavy atom. The molecule has 3 aromatic rings. The number of nitrogens with zero attached hydrogens (tertiary/aromatic N) is 3. The monoisotopic (exact) mass is 306 g/mol. The zero-order chi connectivity index (χ0) is 15.8. The van der Waals surface area contributed by atoms with Crippen LogP contribution in [0.25, 0.3) is 10.9 Å². The quantitative estimate of drug-likeness (QED) is 0.803. The second-order valence-electron chi connectivity index (χ2n) is 6.67. The lowest BCUT2D eigenvalue weighted by molar-refractivity contribution is 0.241. The number of aromatic nitrogens is 3. The molecule has 0 saturated heterocycles. The first kappa shape index (κ1) is 14.4. The molecule has 4 nitrogen and oxygen atoms in total. The smallest absolute Gasteiger partial charge is 0.131 e. The van der Waals surface area contributed by atoms with Gasteiger partial charge in [0.05, 0.1) is 5.69 Å². The first-order chi connectivity index (χ1) is 11.2. The summed E-state index contributed by atoms with van der Waals surface area (Å²) in [6.45, 7) is 7.24. The molecule has 1 aliphatic rings. The molecule has 0 atom stereocenters. The molecule has 0 fully saturated rings. The third-order valence-corrected chi connectivity index (χ3v) is 4.63. The van der Waals surface area contributed by atoms with Crippen molar-refractivity contribution < 1.29 is 0 Å². The fourth-order valence-electron chi connectivity index (χ4n) is 3.29. The Balaban J connectivity index is 1.57. The van der Waals surface area contributed by atoms with Crippen LogP contribution in [0.2, 0.25) is 0 Å².